The van der Waals surface area contributed by atoms with Crippen LogP contribution in [-0.2, 0) is 11.2 Å². The fourth-order valence-electron chi connectivity index (χ4n) is 3.47. The molecule has 0 aliphatic rings. The van der Waals surface area contributed by atoms with Crippen LogP contribution in [0.3, 0.4) is 0 Å². The molecule has 1 unspecified atom stereocenters. The van der Waals surface area contributed by atoms with Gasteiger partial charge in [0.15, 0.2) is 0 Å². The molecule has 0 aliphatic carbocycles. The maximum Gasteiger partial charge on any atom is 0.218 e. The van der Waals surface area contributed by atoms with Gasteiger partial charge in [0.05, 0.1) is 0 Å². The summed E-state index contributed by atoms with van der Waals surface area (Å²) in [5.41, 5.74) is 10.8. The van der Waals surface area contributed by atoms with Gasteiger partial charge >= 0.3 is 0 Å². The summed E-state index contributed by atoms with van der Waals surface area (Å²) in [6, 6.07) is 20.1. The van der Waals surface area contributed by atoms with Crippen molar-refractivity contribution in [2.45, 2.75) is 18.8 Å². The minimum absolute atomic E-state index is 0.0490. The lowest BCUT2D eigenvalue weighted by Gasteiger charge is -2.17. The van der Waals surface area contributed by atoms with Crippen LogP contribution in [-0.4, -0.2) is 31.5 Å². The molecule has 1 amide bonds. The Morgan fingerprint density at radius 1 is 0.966 bits per heavy atom. The average molecular weight is 384 g/mol. The molecular weight excluding hydrogens is 364 g/mol. The van der Waals surface area contributed by atoms with E-state index in [1.807, 2.05) is 42.5 Å². The van der Waals surface area contributed by atoms with Crippen molar-refractivity contribution in [3.63, 3.8) is 0 Å². The molecule has 0 saturated heterocycles. The molecule has 0 fully saturated rings. The smallest absolute Gasteiger partial charge is 0.218 e. The molecule has 2 heterocycles. The number of carbonyl (C=O) groups is 1. The van der Waals surface area contributed by atoms with Crippen LogP contribution in [0.25, 0.3) is 22.5 Å². The number of rotatable bonds is 7. The number of nitrogens with zero attached hydrogens (tertiary/aromatic N) is 4. The molecule has 0 saturated carbocycles. The van der Waals surface area contributed by atoms with Crippen LogP contribution in [0.15, 0.2) is 73.1 Å². The summed E-state index contributed by atoms with van der Waals surface area (Å²) < 4.78 is 0. The van der Waals surface area contributed by atoms with Crippen LogP contribution in [0.4, 0.5) is 0 Å². The predicted octanol–water partition coefficient (Wildman–Crippen LogP) is 3.13. The first-order chi connectivity index (χ1) is 14.2. The predicted molar refractivity (Wildman–Crippen MR) is 110 cm³/mol. The van der Waals surface area contributed by atoms with E-state index in [-0.39, 0.29) is 18.2 Å². The van der Waals surface area contributed by atoms with Crippen molar-refractivity contribution in [3.8, 4) is 22.5 Å². The zero-order valence-corrected chi connectivity index (χ0v) is 15.7. The van der Waals surface area contributed by atoms with Gasteiger partial charge in [-0.15, -0.1) is 10.2 Å². The highest BCUT2D eigenvalue weighted by atomic mass is 16.1. The molecule has 4 aromatic rings. The fourth-order valence-corrected chi connectivity index (χ4v) is 3.47. The molecule has 1 atom stereocenters. The molecule has 3 N–H and O–H groups in total. The van der Waals surface area contributed by atoms with Gasteiger partial charge in [-0.1, -0.05) is 42.5 Å². The summed E-state index contributed by atoms with van der Waals surface area (Å²) in [7, 11) is 0. The van der Waals surface area contributed by atoms with E-state index in [9.17, 15) is 4.79 Å². The summed E-state index contributed by atoms with van der Waals surface area (Å²) in [6.07, 6.45) is 4.51. The summed E-state index contributed by atoms with van der Waals surface area (Å²) in [4.78, 5) is 15.8. The molecule has 29 heavy (non-hydrogen) atoms. The van der Waals surface area contributed by atoms with Gasteiger partial charge in [-0.05, 0) is 58.0 Å². The minimum atomic E-state index is -0.328. The fraction of sp³-hybridized carbons (Fsp3) is 0.136. The number of nitrogens with two attached hydrogens (primary N) is 1. The van der Waals surface area contributed by atoms with Crippen LogP contribution in [0.2, 0.25) is 0 Å². The van der Waals surface area contributed by atoms with E-state index in [0.29, 0.717) is 12.2 Å². The van der Waals surface area contributed by atoms with Gasteiger partial charge in [0.1, 0.15) is 0 Å². The van der Waals surface area contributed by atoms with Crippen molar-refractivity contribution >= 4 is 5.91 Å². The largest absolute Gasteiger partial charge is 0.370 e. The Bertz CT molecular complexity index is 1100. The Kier molecular flexibility index (Phi) is 5.38. The van der Waals surface area contributed by atoms with E-state index in [4.69, 9.17) is 5.73 Å². The van der Waals surface area contributed by atoms with Crippen LogP contribution in [0, 0.1) is 0 Å². The summed E-state index contributed by atoms with van der Waals surface area (Å²) in [5.74, 6) is 0.140. The van der Waals surface area contributed by atoms with Crippen molar-refractivity contribution in [3.05, 3.63) is 84.2 Å². The lowest BCUT2D eigenvalue weighted by molar-refractivity contribution is -0.118. The van der Waals surface area contributed by atoms with Crippen molar-refractivity contribution in [1.82, 2.24) is 25.6 Å². The highest BCUT2D eigenvalue weighted by Gasteiger charge is 2.17. The molecular formula is C22H20N6O. The Hall–Kier alpha value is -3.87. The van der Waals surface area contributed by atoms with E-state index in [2.05, 4.69) is 43.8 Å². The number of aromatic amines is 1. The second-order valence-corrected chi connectivity index (χ2v) is 6.87. The zero-order valence-electron chi connectivity index (χ0n) is 15.7. The van der Waals surface area contributed by atoms with Crippen molar-refractivity contribution < 1.29 is 4.79 Å². The molecule has 0 spiro atoms. The number of nitrogens with one attached hydrogen (secondary N) is 1. The Morgan fingerprint density at radius 2 is 1.76 bits per heavy atom. The number of hydrogen-bond acceptors (Lipinski definition) is 5. The molecule has 144 valence electrons. The molecule has 2 aromatic heterocycles. The number of tetrazole rings is 1. The molecule has 4 rings (SSSR count). The number of amides is 1. The Balaban J connectivity index is 1.63. The topological polar surface area (TPSA) is 110 Å². The third-order valence-corrected chi connectivity index (χ3v) is 4.83. The van der Waals surface area contributed by atoms with Gasteiger partial charge in [-0.3, -0.25) is 9.78 Å². The van der Waals surface area contributed by atoms with E-state index in [1.165, 1.54) is 0 Å². The number of benzene rings is 2. The number of primary amides is 1. The SMILES string of the molecule is NC(=O)CC(Cc1cccc(-c2ccncc2)c1)c1cccc(-c2nn[nH]n2)c1. The second-order valence-electron chi connectivity index (χ2n) is 6.87. The lowest BCUT2D eigenvalue weighted by Crippen LogP contribution is -2.17. The van der Waals surface area contributed by atoms with Crippen LogP contribution in [0.1, 0.15) is 23.5 Å². The number of carbonyl (C=O) groups excluding carboxylic acids is 1. The van der Waals surface area contributed by atoms with Gasteiger partial charge in [-0.25, -0.2) is 0 Å². The van der Waals surface area contributed by atoms with Gasteiger partial charge in [-0.2, -0.15) is 5.21 Å². The quantitative estimate of drug-likeness (QED) is 0.509. The van der Waals surface area contributed by atoms with E-state index in [0.717, 1.165) is 27.8 Å². The van der Waals surface area contributed by atoms with Gasteiger partial charge in [0.25, 0.3) is 0 Å². The molecule has 2 aromatic carbocycles. The van der Waals surface area contributed by atoms with E-state index >= 15 is 0 Å². The summed E-state index contributed by atoms with van der Waals surface area (Å²) in [6.45, 7) is 0. The van der Waals surface area contributed by atoms with Crippen LogP contribution in [0.5, 0.6) is 0 Å². The Labute approximate surface area is 168 Å². The molecule has 7 heteroatoms. The number of hydrogen-bond donors (Lipinski definition) is 2. The first kappa shape index (κ1) is 18.5. The normalized spacial score (nSPS) is 11.9. The first-order valence-electron chi connectivity index (χ1n) is 9.30. The van der Waals surface area contributed by atoms with E-state index in [1.54, 1.807) is 12.4 Å². The Morgan fingerprint density at radius 3 is 2.52 bits per heavy atom. The number of H-pyrrole nitrogens is 1. The average Bonchev–Trinajstić information content (AvgIpc) is 3.29. The zero-order chi connectivity index (χ0) is 20.1. The highest BCUT2D eigenvalue weighted by molar-refractivity contribution is 5.75. The molecule has 0 bridgehead atoms. The van der Waals surface area contributed by atoms with Gasteiger partial charge in [0.2, 0.25) is 11.7 Å². The highest BCUT2D eigenvalue weighted by Crippen LogP contribution is 2.29. The molecule has 0 radical (unpaired) electrons. The lowest BCUT2D eigenvalue weighted by atomic mass is 9.87. The van der Waals surface area contributed by atoms with Crippen LogP contribution >= 0.6 is 0 Å². The number of pyridine rings is 1. The maximum absolute atomic E-state index is 11.8. The third kappa shape index (κ3) is 4.52. The van der Waals surface area contributed by atoms with Gasteiger partial charge in [0, 0.05) is 24.4 Å². The molecule has 7 nitrogen and oxygen atoms in total. The minimum Gasteiger partial charge on any atom is -0.370 e. The summed E-state index contributed by atoms with van der Waals surface area (Å²) >= 11 is 0. The monoisotopic (exact) mass is 384 g/mol. The summed E-state index contributed by atoms with van der Waals surface area (Å²) in [5, 5.41) is 14.1. The van der Waals surface area contributed by atoms with Crippen LogP contribution < -0.4 is 5.73 Å². The second kappa shape index (κ2) is 8.43. The number of aromatic nitrogens is 5. The first-order valence-corrected chi connectivity index (χ1v) is 9.30. The van der Waals surface area contributed by atoms with Crippen molar-refractivity contribution in [2.75, 3.05) is 0 Å². The van der Waals surface area contributed by atoms with Gasteiger partial charge < -0.3 is 5.73 Å². The third-order valence-electron chi connectivity index (χ3n) is 4.83. The van der Waals surface area contributed by atoms with Crippen molar-refractivity contribution in [2.24, 2.45) is 5.73 Å². The maximum atomic E-state index is 11.8. The van der Waals surface area contributed by atoms with Crippen molar-refractivity contribution in [1.29, 1.82) is 0 Å². The standard InChI is InChI=1S/C22H20N6O/c23-21(29)14-20(18-5-2-6-19(13-18)22-25-27-28-26-22)12-15-3-1-4-17(11-15)16-7-9-24-10-8-16/h1-11,13,20H,12,14H2,(H2,23,29)(H,25,26,27,28). The molecule has 0 aliphatic heterocycles. The van der Waals surface area contributed by atoms with E-state index < -0.39 is 0 Å².